The van der Waals surface area contributed by atoms with Crippen LogP contribution < -0.4 is 11.1 Å². The average molecular weight is 287 g/mol. The molecule has 1 aromatic rings. The molecule has 0 radical (unpaired) electrons. The van der Waals surface area contributed by atoms with Crippen molar-refractivity contribution in [2.75, 3.05) is 25.1 Å². The average Bonchev–Trinajstić information content (AvgIpc) is 2.43. The van der Waals surface area contributed by atoms with Gasteiger partial charge in [0.2, 0.25) is 5.91 Å². The number of carbonyl (C=O) groups is 1. The third kappa shape index (κ3) is 3.05. The van der Waals surface area contributed by atoms with Gasteiger partial charge >= 0.3 is 0 Å². The lowest BCUT2D eigenvalue weighted by Crippen LogP contribution is -2.46. The Morgan fingerprint density at radius 1 is 1.47 bits per heavy atom. The summed E-state index contributed by atoms with van der Waals surface area (Å²) in [6.07, 6.45) is 1.12. The first-order valence-electron chi connectivity index (χ1n) is 6.12. The Kier molecular flexibility index (Phi) is 4.39. The zero-order chi connectivity index (χ0) is 13.9. The van der Waals surface area contributed by atoms with Crippen molar-refractivity contribution in [3.05, 3.63) is 29.0 Å². The first kappa shape index (κ1) is 14.2. The predicted molar refractivity (Wildman–Crippen MR) is 71.6 cm³/mol. The minimum Gasteiger partial charge on any atom is -0.381 e. The van der Waals surface area contributed by atoms with Crippen molar-refractivity contribution in [3.63, 3.8) is 0 Å². The molecule has 0 aliphatic carbocycles. The van der Waals surface area contributed by atoms with Crippen LogP contribution in [0.3, 0.4) is 0 Å². The molecule has 1 amide bonds. The van der Waals surface area contributed by atoms with Crippen molar-refractivity contribution in [3.8, 4) is 0 Å². The molecule has 1 fully saturated rings. The van der Waals surface area contributed by atoms with Gasteiger partial charge in [0.15, 0.2) is 0 Å². The highest BCUT2D eigenvalue weighted by Gasteiger charge is 2.39. The number of amides is 1. The molecule has 0 aromatic heterocycles. The molecule has 2 rings (SSSR count). The Morgan fingerprint density at radius 3 is 2.79 bits per heavy atom. The van der Waals surface area contributed by atoms with E-state index in [1.807, 2.05) is 0 Å². The fraction of sp³-hybridized carbons (Fsp3) is 0.462. The number of ether oxygens (including phenoxy) is 1. The predicted octanol–water partition coefficient (Wildman–Crippen LogP) is 2.17. The minimum absolute atomic E-state index is 0.231. The monoisotopic (exact) mass is 286 g/mol. The first-order chi connectivity index (χ1) is 9.07. The molecule has 0 spiro atoms. The number of rotatable bonds is 3. The fourth-order valence-corrected chi connectivity index (χ4v) is 2.30. The molecule has 3 N–H and O–H groups in total. The Labute approximate surface area is 116 Å². The molecule has 19 heavy (non-hydrogen) atoms. The van der Waals surface area contributed by atoms with E-state index in [9.17, 15) is 9.18 Å². The van der Waals surface area contributed by atoms with Crippen molar-refractivity contribution >= 4 is 23.2 Å². The van der Waals surface area contributed by atoms with Crippen molar-refractivity contribution in [2.45, 2.75) is 12.8 Å². The van der Waals surface area contributed by atoms with Gasteiger partial charge in [0, 0.05) is 19.8 Å². The summed E-state index contributed by atoms with van der Waals surface area (Å²) in [6.45, 7) is 1.23. The van der Waals surface area contributed by atoms with E-state index >= 15 is 0 Å². The lowest BCUT2D eigenvalue weighted by molar-refractivity contribution is -0.130. The highest BCUT2D eigenvalue weighted by atomic mass is 35.5. The Hall–Kier alpha value is -1.17. The maximum absolute atomic E-state index is 13.2. The molecule has 104 valence electrons. The van der Waals surface area contributed by atoms with Crippen LogP contribution in [-0.2, 0) is 9.53 Å². The molecule has 4 nitrogen and oxygen atoms in total. The molecule has 0 unspecified atom stereocenters. The van der Waals surface area contributed by atoms with Gasteiger partial charge in [-0.2, -0.15) is 0 Å². The number of halogens is 2. The van der Waals surface area contributed by atoms with Crippen LogP contribution in [0.2, 0.25) is 5.02 Å². The third-order valence-electron chi connectivity index (χ3n) is 3.50. The Morgan fingerprint density at radius 2 is 2.16 bits per heavy atom. The summed E-state index contributed by atoms with van der Waals surface area (Å²) in [6, 6.07) is 3.85. The number of nitrogens with one attached hydrogen (secondary N) is 1. The Balaban J connectivity index is 2.17. The molecule has 1 aliphatic heterocycles. The fourth-order valence-electron chi connectivity index (χ4n) is 2.13. The minimum atomic E-state index is -0.659. The summed E-state index contributed by atoms with van der Waals surface area (Å²) in [5.41, 5.74) is 5.35. The van der Waals surface area contributed by atoms with Crippen LogP contribution in [0, 0.1) is 11.2 Å². The first-order valence-corrected chi connectivity index (χ1v) is 6.49. The van der Waals surface area contributed by atoms with E-state index < -0.39 is 11.2 Å². The van der Waals surface area contributed by atoms with Crippen LogP contribution in [-0.4, -0.2) is 25.7 Å². The van der Waals surface area contributed by atoms with Crippen molar-refractivity contribution < 1.29 is 13.9 Å². The lowest BCUT2D eigenvalue weighted by atomic mass is 9.79. The number of carbonyl (C=O) groups excluding carboxylic acids is 1. The maximum Gasteiger partial charge on any atom is 0.232 e. The topological polar surface area (TPSA) is 64.4 Å². The summed E-state index contributed by atoms with van der Waals surface area (Å²) in [4.78, 5) is 12.4. The van der Waals surface area contributed by atoms with E-state index in [2.05, 4.69) is 5.32 Å². The SMILES string of the molecule is NCC1(C(=O)Nc2cc(F)ccc2Cl)CCOCC1. The van der Waals surface area contributed by atoms with Gasteiger partial charge in [-0.05, 0) is 31.0 Å². The number of nitrogens with two attached hydrogens (primary N) is 1. The normalized spacial score (nSPS) is 18.1. The smallest absolute Gasteiger partial charge is 0.232 e. The molecule has 1 aliphatic rings. The summed E-state index contributed by atoms with van der Waals surface area (Å²) >= 11 is 5.93. The number of hydrogen-bond donors (Lipinski definition) is 2. The van der Waals surface area contributed by atoms with Gasteiger partial charge in [-0.1, -0.05) is 11.6 Å². The molecular formula is C13H16ClFN2O2. The molecule has 1 heterocycles. The number of benzene rings is 1. The standard InChI is InChI=1S/C13H16ClFN2O2/c14-10-2-1-9(15)7-11(10)17-12(18)13(8-16)3-5-19-6-4-13/h1-2,7H,3-6,8,16H2,(H,17,18). The second-order valence-electron chi connectivity index (χ2n) is 4.68. The van der Waals surface area contributed by atoms with Crippen LogP contribution in [0.4, 0.5) is 10.1 Å². The molecule has 0 bridgehead atoms. The van der Waals surface area contributed by atoms with E-state index in [4.69, 9.17) is 22.1 Å². The van der Waals surface area contributed by atoms with Gasteiger partial charge in [-0.3, -0.25) is 4.79 Å². The van der Waals surface area contributed by atoms with E-state index in [-0.39, 0.29) is 18.1 Å². The molecule has 6 heteroatoms. The van der Waals surface area contributed by atoms with Crippen LogP contribution in [0.15, 0.2) is 18.2 Å². The van der Waals surface area contributed by atoms with Crippen molar-refractivity contribution in [2.24, 2.45) is 11.1 Å². The van der Waals surface area contributed by atoms with Gasteiger partial charge in [-0.25, -0.2) is 4.39 Å². The highest BCUT2D eigenvalue weighted by molar-refractivity contribution is 6.33. The van der Waals surface area contributed by atoms with E-state index in [0.717, 1.165) is 0 Å². The zero-order valence-corrected chi connectivity index (χ0v) is 11.2. The quantitative estimate of drug-likeness (QED) is 0.895. The van der Waals surface area contributed by atoms with Gasteiger partial charge in [0.25, 0.3) is 0 Å². The van der Waals surface area contributed by atoms with Crippen molar-refractivity contribution in [1.82, 2.24) is 0 Å². The molecule has 1 aromatic carbocycles. The van der Waals surface area contributed by atoms with E-state index in [1.165, 1.54) is 18.2 Å². The summed E-state index contributed by atoms with van der Waals surface area (Å²) in [5.74, 6) is -0.681. The van der Waals surface area contributed by atoms with Gasteiger partial charge in [0.1, 0.15) is 5.82 Å². The van der Waals surface area contributed by atoms with E-state index in [1.54, 1.807) is 0 Å². The van der Waals surface area contributed by atoms with Crippen LogP contribution >= 0.6 is 11.6 Å². The van der Waals surface area contributed by atoms with E-state index in [0.29, 0.717) is 31.1 Å². The summed E-state index contributed by atoms with van der Waals surface area (Å²) in [7, 11) is 0. The second kappa shape index (κ2) is 5.86. The lowest BCUT2D eigenvalue weighted by Gasteiger charge is -2.34. The summed E-state index contributed by atoms with van der Waals surface area (Å²) < 4.78 is 18.4. The zero-order valence-electron chi connectivity index (χ0n) is 10.4. The van der Waals surface area contributed by atoms with Crippen molar-refractivity contribution in [1.29, 1.82) is 0 Å². The number of anilines is 1. The Bertz CT molecular complexity index is 476. The van der Waals surface area contributed by atoms with Crippen LogP contribution in [0.25, 0.3) is 0 Å². The van der Waals surface area contributed by atoms with Gasteiger partial charge in [-0.15, -0.1) is 0 Å². The third-order valence-corrected chi connectivity index (χ3v) is 3.83. The highest BCUT2D eigenvalue weighted by Crippen LogP contribution is 2.32. The molecule has 0 atom stereocenters. The second-order valence-corrected chi connectivity index (χ2v) is 5.08. The van der Waals surface area contributed by atoms with Gasteiger partial charge in [0.05, 0.1) is 16.1 Å². The largest absolute Gasteiger partial charge is 0.381 e. The molecule has 0 saturated carbocycles. The van der Waals surface area contributed by atoms with Gasteiger partial charge < -0.3 is 15.8 Å². The van der Waals surface area contributed by atoms with Crippen LogP contribution in [0.5, 0.6) is 0 Å². The maximum atomic E-state index is 13.2. The molecule has 1 saturated heterocycles. The number of hydrogen-bond acceptors (Lipinski definition) is 3. The van der Waals surface area contributed by atoms with Crippen LogP contribution in [0.1, 0.15) is 12.8 Å². The summed E-state index contributed by atoms with van der Waals surface area (Å²) in [5, 5.41) is 2.97. The molecular weight excluding hydrogens is 271 g/mol.